The van der Waals surface area contributed by atoms with Crippen molar-refractivity contribution in [2.24, 2.45) is 0 Å². The highest BCUT2D eigenvalue weighted by Gasteiger charge is 2.29. The number of anilines is 1. The van der Waals surface area contributed by atoms with Crippen LogP contribution < -0.4 is 5.73 Å². The number of nitrogen functional groups attached to an aromatic ring is 1. The van der Waals surface area contributed by atoms with Crippen molar-refractivity contribution in [1.29, 1.82) is 0 Å². The summed E-state index contributed by atoms with van der Waals surface area (Å²) in [5.74, 6) is 0.647. The van der Waals surface area contributed by atoms with Crippen LogP contribution in [0.2, 0.25) is 0 Å². The molecule has 1 aliphatic heterocycles. The number of fused-ring (bicyclic) bond motifs is 1. The van der Waals surface area contributed by atoms with Crippen molar-refractivity contribution < 1.29 is 4.74 Å². The van der Waals surface area contributed by atoms with E-state index in [-0.39, 0.29) is 6.23 Å². The molecule has 4 nitrogen and oxygen atoms in total. The van der Waals surface area contributed by atoms with Gasteiger partial charge in [-0.25, -0.2) is 4.68 Å². The van der Waals surface area contributed by atoms with E-state index in [2.05, 4.69) is 11.2 Å². The number of rotatable bonds is 2. The third kappa shape index (κ3) is 1.82. The van der Waals surface area contributed by atoms with Gasteiger partial charge in [0.15, 0.2) is 6.23 Å². The number of aromatic nitrogens is 2. The van der Waals surface area contributed by atoms with Crippen LogP contribution in [0.15, 0.2) is 18.3 Å². The van der Waals surface area contributed by atoms with Gasteiger partial charge in [0.1, 0.15) is 0 Å². The van der Waals surface area contributed by atoms with Crippen LogP contribution in [0.25, 0.3) is 10.9 Å². The second kappa shape index (κ2) is 4.23. The van der Waals surface area contributed by atoms with Crippen LogP contribution >= 0.6 is 0 Å². The van der Waals surface area contributed by atoms with Crippen molar-refractivity contribution in [3.63, 3.8) is 0 Å². The Morgan fingerprint density at radius 2 is 2.11 bits per heavy atom. The average molecular weight is 257 g/mol. The minimum atomic E-state index is 0.0990. The Morgan fingerprint density at radius 3 is 2.84 bits per heavy atom. The first-order valence-corrected chi connectivity index (χ1v) is 7.22. The van der Waals surface area contributed by atoms with Gasteiger partial charge in [-0.05, 0) is 55.7 Å². The van der Waals surface area contributed by atoms with E-state index in [4.69, 9.17) is 10.5 Å². The molecule has 19 heavy (non-hydrogen) atoms. The van der Waals surface area contributed by atoms with Crippen LogP contribution in [-0.4, -0.2) is 16.4 Å². The molecule has 2 aromatic rings. The lowest BCUT2D eigenvalue weighted by atomic mass is 10.0. The van der Waals surface area contributed by atoms with Gasteiger partial charge in [-0.3, -0.25) is 0 Å². The van der Waals surface area contributed by atoms with Crippen molar-refractivity contribution in [3.8, 4) is 0 Å². The zero-order valence-corrected chi connectivity index (χ0v) is 11.0. The lowest BCUT2D eigenvalue weighted by Gasteiger charge is -2.23. The molecule has 100 valence electrons. The summed E-state index contributed by atoms with van der Waals surface area (Å²) in [5.41, 5.74) is 9.54. The molecule has 2 aliphatic rings. The number of nitrogens with two attached hydrogens (primary N) is 1. The molecule has 1 aromatic carbocycles. The van der Waals surface area contributed by atoms with Crippen LogP contribution in [0, 0.1) is 0 Å². The zero-order valence-electron chi connectivity index (χ0n) is 11.0. The second-order valence-electron chi connectivity index (χ2n) is 5.69. The highest BCUT2D eigenvalue weighted by atomic mass is 16.5. The van der Waals surface area contributed by atoms with Gasteiger partial charge in [0, 0.05) is 17.7 Å². The Bertz CT molecular complexity index is 609. The fourth-order valence-electron chi connectivity index (χ4n) is 3.13. The third-order valence-corrected chi connectivity index (χ3v) is 4.27. The minimum absolute atomic E-state index is 0.0990. The van der Waals surface area contributed by atoms with Crippen LogP contribution in [0.3, 0.4) is 0 Å². The standard InChI is InChI=1S/C15H19N3O/c16-12-6-7-13-11(15(12)10-4-5-10)9-17-18(13)14-3-1-2-8-19-14/h6-7,9-10,14H,1-5,8,16H2. The number of nitrogens with zero attached hydrogens (tertiary/aromatic N) is 2. The van der Waals surface area contributed by atoms with Gasteiger partial charge in [0.2, 0.25) is 0 Å². The summed E-state index contributed by atoms with van der Waals surface area (Å²) in [6.45, 7) is 0.844. The molecule has 1 saturated carbocycles. The predicted octanol–water partition coefficient (Wildman–Crippen LogP) is 3.20. The highest BCUT2D eigenvalue weighted by molar-refractivity contribution is 5.88. The first-order valence-electron chi connectivity index (χ1n) is 7.22. The van der Waals surface area contributed by atoms with E-state index in [0.29, 0.717) is 5.92 Å². The molecule has 0 amide bonds. The number of hydrogen-bond acceptors (Lipinski definition) is 3. The maximum absolute atomic E-state index is 6.15. The summed E-state index contributed by atoms with van der Waals surface area (Å²) in [4.78, 5) is 0. The lowest BCUT2D eigenvalue weighted by molar-refractivity contribution is -0.0366. The Kier molecular flexibility index (Phi) is 2.52. The molecule has 1 aliphatic carbocycles. The maximum Gasteiger partial charge on any atom is 0.150 e. The summed E-state index contributed by atoms with van der Waals surface area (Å²) < 4.78 is 7.89. The van der Waals surface area contributed by atoms with Gasteiger partial charge >= 0.3 is 0 Å². The van der Waals surface area contributed by atoms with Gasteiger partial charge in [-0.2, -0.15) is 5.10 Å². The van der Waals surface area contributed by atoms with E-state index in [1.165, 1.54) is 35.7 Å². The van der Waals surface area contributed by atoms with Crippen LogP contribution in [0.1, 0.15) is 49.8 Å². The van der Waals surface area contributed by atoms with E-state index in [0.717, 1.165) is 25.1 Å². The van der Waals surface area contributed by atoms with Crippen LogP contribution in [0.5, 0.6) is 0 Å². The number of hydrogen-bond donors (Lipinski definition) is 1. The maximum atomic E-state index is 6.15. The highest BCUT2D eigenvalue weighted by Crippen LogP contribution is 2.46. The van der Waals surface area contributed by atoms with Gasteiger partial charge in [-0.15, -0.1) is 0 Å². The van der Waals surface area contributed by atoms with Crippen LogP contribution in [0.4, 0.5) is 5.69 Å². The summed E-state index contributed by atoms with van der Waals surface area (Å²) in [7, 11) is 0. The van der Waals surface area contributed by atoms with E-state index in [1.807, 2.05) is 16.9 Å². The van der Waals surface area contributed by atoms with E-state index in [1.54, 1.807) is 0 Å². The van der Waals surface area contributed by atoms with Crippen molar-refractivity contribution >= 4 is 16.6 Å². The molecular formula is C15H19N3O. The minimum Gasteiger partial charge on any atom is -0.398 e. The SMILES string of the molecule is Nc1ccc2c(cnn2C2CCCCO2)c1C1CC1. The van der Waals surface area contributed by atoms with Crippen molar-refractivity contribution in [1.82, 2.24) is 9.78 Å². The van der Waals surface area contributed by atoms with Gasteiger partial charge in [0.25, 0.3) is 0 Å². The summed E-state index contributed by atoms with van der Waals surface area (Å²) >= 11 is 0. The first kappa shape index (κ1) is 11.3. The molecule has 0 spiro atoms. The lowest BCUT2D eigenvalue weighted by Crippen LogP contribution is -2.18. The fraction of sp³-hybridized carbons (Fsp3) is 0.533. The predicted molar refractivity (Wildman–Crippen MR) is 75.0 cm³/mol. The zero-order chi connectivity index (χ0) is 12.8. The average Bonchev–Trinajstić information content (AvgIpc) is 3.18. The molecule has 0 bridgehead atoms. The fourth-order valence-corrected chi connectivity index (χ4v) is 3.13. The smallest absolute Gasteiger partial charge is 0.150 e. The molecule has 2 fully saturated rings. The normalized spacial score (nSPS) is 23.9. The van der Waals surface area contributed by atoms with E-state index >= 15 is 0 Å². The Morgan fingerprint density at radius 1 is 1.21 bits per heavy atom. The monoisotopic (exact) mass is 257 g/mol. The summed E-state index contributed by atoms with van der Waals surface area (Å²) in [6, 6.07) is 4.11. The first-order chi connectivity index (χ1) is 9.34. The van der Waals surface area contributed by atoms with E-state index in [9.17, 15) is 0 Å². The number of benzene rings is 1. The molecule has 2 heterocycles. The van der Waals surface area contributed by atoms with Crippen LogP contribution in [-0.2, 0) is 4.74 Å². The Balaban J connectivity index is 1.82. The summed E-state index contributed by atoms with van der Waals surface area (Å²) in [6.07, 6.45) is 8.02. The van der Waals surface area contributed by atoms with Gasteiger partial charge in [0.05, 0.1) is 11.7 Å². The van der Waals surface area contributed by atoms with Crippen molar-refractivity contribution in [2.75, 3.05) is 12.3 Å². The molecule has 1 atom stereocenters. The summed E-state index contributed by atoms with van der Waals surface area (Å²) in [5, 5.41) is 5.79. The molecular weight excluding hydrogens is 238 g/mol. The topological polar surface area (TPSA) is 53.1 Å². The van der Waals surface area contributed by atoms with Crippen molar-refractivity contribution in [3.05, 3.63) is 23.9 Å². The molecule has 1 unspecified atom stereocenters. The van der Waals surface area contributed by atoms with Gasteiger partial charge in [-0.1, -0.05) is 0 Å². The van der Waals surface area contributed by atoms with E-state index < -0.39 is 0 Å². The third-order valence-electron chi connectivity index (χ3n) is 4.27. The van der Waals surface area contributed by atoms with Crippen molar-refractivity contribution in [2.45, 2.75) is 44.2 Å². The molecule has 1 saturated heterocycles. The Labute approximate surface area is 112 Å². The number of ether oxygens (including phenoxy) is 1. The molecule has 1 aromatic heterocycles. The molecule has 0 radical (unpaired) electrons. The molecule has 4 rings (SSSR count). The molecule has 4 heteroatoms. The second-order valence-corrected chi connectivity index (χ2v) is 5.69. The molecule has 2 N–H and O–H groups in total. The van der Waals surface area contributed by atoms with Gasteiger partial charge < -0.3 is 10.5 Å². The quantitative estimate of drug-likeness (QED) is 0.840. The Hall–Kier alpha value is -1.55. The largest absolute Gasteiger partial charge is 0.398 e.